The maximum atomic E-state index is 11.1. The monoisotopic (exact) mass is 315 g/mol. The summed E-state index contributed by atoms with van der Waals surface area (Å²) in [5.41, 5.74) is 7.13. The number of hydrogen-bond donors (Lipinski definition) is 1. The first kappa shape index (κ1) is 16.5. The molecule has 0 aliphatic heterocycles. The van der Waals surface area contributed by atoms with E-state index in [0.29, 0.717) is 11.6 Å². The maximum absolute atomic E-state index is 11.1. The zero-order valence-electron chi connectivity index (χ0n) is 14.5. The van der Waals surface area contributed by atoms with E-state index in [0.717, 1.165) is 24.4 Å². The Kier molecular flexibility index (Phi) is 4.74. The molecule has 1 aromatic rings. The van der Waals surface area contributed by atoms with Gasteiger partial charge in [-0.25, -0.2) is 0 Å². The van der Waals surface area contributed by atoms with Gasteiger partial charge in [-0.2, -0.15) is 0 Å². The number of carbonyl (C=O) groups is 1. The number of rotatable bonds is 5. The van der Waals surface area contributed by atoms with Crippen molar-refractivity contribution in [2.75, 3.05) is 21.1 Å². The van der Waals surface area contributed by atoms with Crippen LogP contribution in [0.25, 0.3) is 0 Å². The highest BCUT2D eigenvalue weighted by atomic mass is 16.1. The van der Waals surface area contributed by atoms with Crippen LogP contribution in [0.5, 0.6) is 0 Å². The highest BCUT2D eigenvalue weighted by molar-refractivity contribution is 5.92. The van der Waals surface area contributed by atoms with E-state index in [9.17, 15) is 4.79 Å². The van der Waals surface area contributed by atoms with Gasteiger partial charge < -0.3 is 10.6 Å². The number of benzene rings is 1. The third-order valence-electron chi connectivity index (χ3n) is 5.99. The van der Waals surface area contributed by atoms with Crippen LogP contribution in [-0.2, 0) is 6.54 Å². The first-order chi connectivity index (χ1) is 10.9. The Labute approximate surface area is 139 Å². The Bertz CT molecular complexity index is 540. The van der Waals surface area contributed by atoms with Crippen LogP contribution in [0.2, 0.25) is 0 Å². The number of nitrogens with zero attached hydrogens (tertiary/aromatic N) is 2. The second-order valence-corrected chi connectivity index (χ2v) is 7.71. The molecule has 2 saturated carbocycles. The number of hydrogen-bond acceptors (Lipinski definition) is 3. The summed E-state index contributed by atoms with van der Waals surface area (Å²) in [6, 6.07) is 9.19. The van der Waals surface area contributed by atoms with Gasteiger partial charge in [0.15, 0.2) is 0 Å². The fraction of sp³-hybridized carbons (Fsp3) is 0.632. The van der Waals surface area contributed by atoms with Crippen molar-refractivity contribution in [1.82, 2.24) is 9.80 Å². The molecular formula is C19H29N3O. The van der Waals surface area contributed by atoms with E-state index >= 15 is 0 Å². The molecule has 1 aromatic carbocycles. The van der Waals surface area contributed by atoms with Gasteiger partial charge in [0.05, 0.1) is 0 Å². The van der Waals surface area contributed by atoms with Crippen LogP contribution < -0.4 is 5.73 Å². The van der Waals surface area contributed by atoms with Crippen molar-refractivity contribution in [2.45, 2.75) is 44.3 Å². The number of carbonyl (C=O) groups excluding carboxylic acids is 1. The SMILES string of the molecule is CN(C)C1C[C@@H]2CC(N(C)Cc3ccc(C(N)=O)cc3)C[C@@H]2C1. The van der Waals surface area contributed by atoms with Crippen molar-refractivity contribution >= 4 is 5.91 Å². The minimum atomic E-state index is -0.357. The molecule has 2 aliphatic rings. The van der Waals surface area contributed by atoms with E-state index in [-0.39, 0.29) is 5.91 Å². The molecule has 2 aliphatic carbocycles. The molecule has 0 aromatic heterocycles. The quantitative estimate of drug-likeness (QED) is 0.907. The molecule has 4 nitrogen and oxygen atoms in total. The predicted molar refractivity (Wildman–Crippen MR) is 93.1 cm³/mol. The minimum absolute atomic E-state index is 0.357. The van der Waals surface area contributed by atoms with Crippen LogP contribution in [0, 0.1) is 11.8 Å². The fourth-order valence-electron chi connectivity index (χ4n) is 4.53. The van der Waals surface area contributed by atoms with Crippen LogP contribution in [0.1, 0.15) is 41.6 Å². The fourth-order valence-corrected chi connectivity index (χ4v) is 4.53. The average Bonchev–Trinajstić information content (AvgIpc) is 3.06. The Morgan fingerprint density at radius 2 is 1.52 bits per heavy atom. The van der Waals surface area contributed by atoms with Crippen molar-refractivity contribution in [1.29, 1.82) is 0 Å². The molecule has 2 N–H and O–H groups in total. The second kappa shape index (κ2) is 6.62. The topological polar surface area (TPSA) is 49.6 Å². The first-order valence-electron chi connectivity index (χ1n) is 8.69. The third-order valence-corrected chi connectivity index (χ3v) is 5.99. The second-order valence-electron chi connectivity index (χ2n) is 7.71. The lowest BCUT2D eigenvalue weighted by Gasteiger charge is -2.27. The van der Waals surface area contributed by atoms with Gasteiger partial charge in [0.2, 0.25) is 5.91 Å². The van der Waals surface area contributed by atoms with Crippen LogP contribution in [-0.4, -0.2) is 48.9 Å². The molecule has 0 heterocycles. The molecular weight excluding hydrogens is 286 g/mol. The van der Waals surface area contributed by atoms with Crippen LogP contribution in [0.3, 0.4) is 0 Å². The first-order valence-corrected chi connectivity index (χ1v) is 8.69. The maximum Gasteiger partial charge on any atom is 0.248 e. The van der Waals surface area contributed by atoms with E-state index in [1.165, 1.54) is 31.2 Å². The number of primary amides is 1. The molecule has 1 amide bonds. The summed E-state index contributed by atoms with van der Waals surface area (Å²) in [5.74, 6) is 1.46. The van der Waals surface area contributed by atoms with E-state index in [4.69, 9.17) is 5.73 Å². The van der Waals surface area contributed by atoms with Crippen LogP contribution >= 0.6 is 0 Å². The van der Waals surface area contributed by atoms with Gasteiger partial charge in [-0.3, -0.25) is 9.69 Å². The van der Waals surface area contributed by atoms with Crippen molar-refractivity contribution in [3.63, 3.8) is 0 Å². The Balaban J connectivity index is 1.54. The van der Waals surface area contributed by atoms with Gasteiger partial charge in [0.25, 0.3) is 0 Å². The van der Waals surface area contributed by atoms with Crippen molar-refractivity contribution < 1.29 is 4.79 Å². The Morgan fingerprint density at radius 1 is 1.00 bits per heavy atom. The number of amides is 1. The van der Waals surface area contributed by atoms with Crippen LogP contribution in [0.4, 0.5) is 0 Å². The summed E-state index contributed by atoms with van der Waals surface area (Å²) < 4.78 is 0. The summed E-state index contributed by atoms with van der Waals surface area (Å²) in [5, 5.41) is 0. The molecule has 3 rings (SSSR count). The van der Waals surface area contributed by atoms with E-state index in [2.05, 4.69) is 30.9 Å². The zero-order valence-corrected chi connectivity index (χ0v) is 14.5. The van der Waals surface area contributed by atoms with Gasteiger partial charge in [0.1, 0.15) is 0 Å². The lowest BCUT2D eigenvalue weighted by molar-refractivity contribution is 0.100. The van der Waals surface area contributed by atoms with Crippen LogP contribution in [0.15, 0.2) is 24.3 Å². The van der Waals surface area contributed by atoms with E-state index < -0.39 is 0 Å². The Hall–Kier alpha value is -1.39. The van der Waals surface area contributed by atoms with Gasteiger partial charge in [-0.05, 0) is 76.4 Å². The third kappa shape index (κ3) is 3.59. The number of nitrogens with two attached hydrogens (primary N) is 1. The molecule has 126 valence electrons. The average molecular weight is 315 g/mol. The normalized spacial score (nSPS) is 30.1. The smallest absolute Gasteiger partial charge is 0.248 e. The van der Waals surface area contributed by atoms with Crippen molar-refractivity contribution in [3.8, 4) is 0 Å². The molecule has 2 unspecified atom stereocenters. The molecule has 0 spiro atoms. The summed E-state index contributed by atoms with van der Waals surface area (Å²) in [6.45, 7) is 0.945. The molecule has 23 heavy (non-hydrogen) atoms. The van der Waals surface area contributed by atoms with Gasteiger partial charge in [0, 0.05) is 24.2 Å². The molecule has 4 atom stereocenters. The zero-order chi connectivity index (χ0) is 16.6. The molecule has 0 saturated heterocycles. The molecule has 2 fully saturated rings. The highest BCUT2D eigenvalue weighted by Crippen LogP contribution is 2.46. The Morgan fingerprint density at radius 3 is 2.00 bits per heavy atom. The summed E-state index contributed by atoms with van der Waals surface area (Å²) in [6.07, 6.45) is 5.42. The highest BCUT2D eigenvalue weighted by Gasteiger charge is 2.43. The standard InChI is InChI=1S/C19H29N3O/c1-21(2)17-8-15-10-18(11-16(15)9-17)22(3)12-13-4-6-14(7-5-13)19(20)23/h4-7,15-18H,8-12H2,1-3H3,(H2,20,23)/t15-,16+,17?,18?. The predicted octanol–water partition coefficient (Wildman–Crippen LogP) is 2.34. The summed E-state index contributed by atoms with van der Waals surface area (Å²) in [7, 11) is 6.66. The molecule has 0 radical (unpaired) electrons. The lowest BCUT2D eigenvalue weighted by atomic mass is 10.0. The lowest BCUT2D eigenvalue weighted by Crippen LogP contribution is -2.31. The van der Waals surface area contributed by atoms with Gasteiger partial charge in [-0.15, -0.1) is 0 Å². The summed E-state index contributed by atoms with van der Waals surface area (Å²) in [4.78, 5) is 16.0. The van der Waals surface area contributed by atoms with E-state index in [1.54, 1.807) is 0 Å². The largest absolute Gasteiger partial charge is 0.366 e. The van der Waals surface area contributed by atoms with E-state index in [1.807, 2.05) is 24.3 Å². The van der Waals surface area contributed by atoms with Crippen molar-refractivity contribution in [2.24, 2.45) is 17.6 Å². The number of fused-ring (bicyclic) bond motifs is 1. The van der Waals surface area contributed by atoms with Gasteiger partial charge >= 0.3 is 0 Å². The minimum Gasteiger partial charge on any atom is -0.366 e. The molecule has 0 bridgehead atoms. The van der Waals surface area contributed by atoms with Crippen molar-refractivity contribution in [3.05, 3.63) is 35.4 Å². The summed E-state index contributed by atoms with van der Waals surface area (Å²) >= 11 is 0. The van der Waals surface area contributed by atoms with Gasteiger partial charge in [-0.1, -0.05) is 12.1 Å². The molecule has 4 heteroatoms.